The quantitative estimate of drug-likeness (QED) is 0.675. The lowest BCUT2D eigenvalue weighted by Gasteiger charge is -2.35. The van der Waals surface area contributed by atoms with Crippen LogP contribution in [0.15, 0.2) is 24.3 Å². The Balaban J connectivity index is 1.51. The monoisotopic (exact) mass is 396 g/mol. The van der Waals surface area contributed by atoms with Crippen molar-refractivity contribution in [2.75, 3.05) is 27.2 Å². The maximum Gasteiger partial charge on any atom is 0.228 e. The van der Waals surface area contributed by atoms with E-state index in [0.29, 0.717) is 11.7 Å². The molecule has 0 spiro atoms. The highest BCUT2D eigenvalue weighted by molar-refractivity contribution is 7.14. The van der Waals surface area contributed by atoms with Crippen LogP contribution in [0.1, 0.15) is 23.5 Å². The van der Waals surface area contributed by atoms with E-state index in [9.17, 15) is 4.79 Å². The van der Waals surface area contributed by atoms with Crippen molar-refractivity contribution in [3.63, 3.8) is 0 Å². The third-order valence-electron chi connectivity index (χ3n) is 5.37. The van der Waals surface area contributed by atoms with Crippen molar-refractivity contribution in [1.29, 1.82) is 0 Å². The Hall–Kier alpha value is -2.45. The Morgan fingerprint density at radius 2 is 1.96 bits per heavy atom. The predicted molar refractivity (Wildman–Crippen MR) is 110 cm³/mol. The molecule has 0 radical (unpaired) electrons. The van der Waals surface area contributed by atoms with Crippen LogP contribution in [-0.4, -0.2) is 69.3 Å². The maximum absolute atomic E-state index is 12.7. The van der Waals surface area contributed by atoms with Gasteiger partial charge in [0.2, 0.25) is 5.91 Å². The molecule has 1 amide bonds. The molecule has 3 aromatic rings. The van der Waals surface area contributed by atoms with Gasteiger partial charge in [-0.1, -0.05) is 11.3 Å². The molecule has 0 bridgehead atoms. The summed E-state index contributed by atoms with van der Waals surface area (Å²) in [5, 5.41) is 19.6. The van der Waals surface area contributed by atoms with Gasteiger partial charge in [-0.3, -0.25) is 4.79 Å². The van der Waals surface area contributed by atoms with E-state index < -0.39 is 0 Å². The van der Waals surface area contributed by atoms with Crippen molar-refractivity contribution in [2.24, 2.45) is 0 Å². The molecule has 1 aliphatic rings. The molecule has 146 valence electrons. The van der Waals surface area contributed by atoms with E-state index in [1.165, 1.54) is 0 Å². The first-order valence-corrected chi connectivity index (χ1v) is 10.3. The summed E-state index contributed by atoms with van der Waals surface area (Å²) in [5.74, 6) is 0.0964. The van der Waals surface area contributed by atoms with Crippen molar-refractivity contribution >= 4 is 28.1 Å². The highest BCUT2D eigenvalue weighted by Crippen LogP contribution is 2.26. The summed E-state index contributed by atoms with van der Waals surface area (Å²) in [6, 6.07) is 8.23. The molecular formula is C20H24N6OS. The second-order valence-electron chi connectivity index (χ2n) is 7.45. The first kappa shape index (κ1) is 18.9. The molecule has 1 aromatic carbocycles. The smallest absolute Gasteiger partial charge is 0.228 e. The number of benzene rings is 1. The number of amides is 1. The normalized spacial score (nSPS) is 15.8. The summed E-state index contributed by atoms with van der Waals surface area (Å²) in [4.78, 5) is 16.9. The maximum atomic E-state index is 12.7. The Bertz CT molecular complexity index is 995. The summed E-state index contributed by atoms with van der Waals surface area (Å²) in [6.45, 7) is 4.01. The lowest BCUT2D eigenvalue weighted by molar-refractivity contribution is -0.132. The zero-order valence-electron chi connectivity index (χ0n) is 16.4. The van der Waals surface area contributed by atoms with Crippen LogP contribution in [-0.2, 0) is 11.2 Å². The molecule has 0 saturated carbocycles. The third-order valence-corrected chi connectivity index (χ3v) is 6.26. The Morgan fingerprint density at radius 3 is 2.68 bits per heavy atom. The molecule has 28 heavy (non-hydrogen) atoms. The van der Waals surface area contributed by atoms with Crippen LogP contribution in [0.2, 0.25) is 0 Å². The zero-order chi connectivity index (χ0) is 19.7. The number of piperidine rings is 1. The highest BCUT2D eigenvalue weighted by atomic mass is 32.1. The average molecular weight is 397 g/mol. The Labute approximate surface area is 168 Å². The minimum Gasteiger partial charge on any atom is -0.342 e. The van der Waals surface area contributed by atoms with Gasteiger partial charge < -0.3 is 9.80 Å². The van der Waals surface area contributed by atoms with Gasteiger partial charge in [-0.25, -0.2) is 0 Å². The zero-order valence-corrected chi connectivity index (χ0v) is 17.2. The molecule has 7 nitrogen and oxygen atoms in total. The van der Waals surface area contributed by atoms with Crippen molar-refractivity contribution in [2.45, 2.75) is 32.2 Å². The van der Waals surface area contributed by atoms with Crippen LogP contribution in [0.5, 0.6) is 0 Å². The lowest BCUT2D eigenvalue weighted by atomic mass is 10.0. The molecule has 1 saturated heterocycles. The number of carbonyl (C=O) groups excluding carboxylic acids is 1. The minimum atomic E-state index is 0.0964. The minimum absolute atomic E-state index is 0.0964. The molecule has 1 fully saturated rings. The number of aromatic nitrogens is 4. The average Bonchev–Trinajstić information content (AvgIpc) is 3.14. The van der Waals surface area contributed by atoms with E-state index in [2.05, 4.69) is 32.3 Å². The van der Waals surface area contributed by atoms with E-state index in [4.69, 9.17) is 0 Å². The van der Waals surface area contributed by atoms with E-state index in [0.717, 1.165) is 52.4 Å². The Kier molecular flexibility index (Phi) is 5.32. The fourth-order valence-electron chi connectivity index (χ4n) is 3.59. The van der Waals surface area contributed by atoms with E-state index in [-0.39, 0.29) is 12.3 Å². The molecule has 0 unspecified atom stereocenters. The summed E-state index contributed by atoms with van der Waals surface area (Å²) in [6.07, 6.45) is 2.31. The summed E-state index contributed by atoms with van der Waals surface area (Å²) >= 11 is 1.56. The van der Waals surface area contributed by atoms with Gasteiger partial charge in [-0.05, 0) is 64.2 Å². The van der Waals surface area contributed by atoms with Gasteiger partial charge in [0.05, 0.1) is 17.6 Å². The molecule has 3 heterocycles. The number of likely N-dealkylation sites (tertiary alicyclic amines) is 1. The molecule has 2 aromatic heterocycles. The largest absolute Gasteiger partial charge is 0.342 e. The van der Waals surface area contributed by atoms with Gasteiger partial charge in [-0.2, -0.15) is 10.2 Å². The van der Waals surface area contributed by atoms with Gasteiger partial charge in [0.25, 0.3) is 0 Å². The lowest BCUT2D eigenvalue weighted by Crippen LogP contribution is -2.45. The number of carbonyl (C=O) groups is 1. The van der Waals surface area contributed by atoms with Crippen LogP contribution < -0.4 is 0 Å². The van der Waals surface area contributed by atoms with Gasteiger partial charge in [0.15, 0.2) is 0 Å². The van der Waals surface area contributed by atoms with Crippen molar-refractivity contribution in [1.82, 2.24) is 30.2 Å². The van der Waals surface area contributed by atoms with Crippen LogP contribution in [0.3, 0.4) is 0 Å². The van der Waals surface area contributed by atoms with Crippen LogP contribution in [0, 0.1) is 6.92 Å². The topological polar surface area (TPSA) is 75.1 Å². The van der Waals surface area contributed by atoms with Gasteiger partial charge in [-0.15, -0.1) is 10.2 Å². The summed E-state index contributed by atoms with van der Waals surface area (Å²) < 4.78 is 0. The van der Waals surface area contributed by atoms with Crippen LogP contribution in [0.25, 0.3) is 21.5 Å². The number of rotatable bonds is 4. The second-order valence-corrected chi connectivity index (χ2v) is 8.63. The second kappa shape index (κ2) is 7.89. The fourth-order valence-corrected chi connectivity index (χ4v) is 4.27. The molecule has 0 atom stereocenters. The number of aryl methyl sites for hydroxylation is 1. The van der Waals surface area contributed by atoms with Crippen LogP contribution >= 0.6 is 11.3 Å². The third kappa shape index (κ3) is 4.02. The number of hydrogen-bond acceptors (Lipinski definition) is 7. The molecule has 0 aliphatic carbocycles. The van der Waals surface area contributed by atoms with Gasteiger partial charge in [0.1, 0.15) is 10.0 Å². The van der Waals surface area contributed by atoms with Crippen molar-refractivity contribution < 1.29 is 4.79 Å². The van der Waals surface area contributed by atoms with Crippen molar-refractivity contribution in [3.05, 3.63) is 35.0 Å². The summed E-state index contributed by atoms with van der Waals surface area (Å²) in [7, 11) is 4.03. The van der Waals surface area contributed by atoms with E-state index in [1.54, 1.807) is 11.3 Å². The van der Waals surface area contributed by atoms with Crippen LogP contribution in [0.4, 0.5) is 0 Å². The molecule has 4 rings (SSSR count). The fraction of sp³-hybridized carbons (Fsp3) is 0.450. The predicted octanol–water partition coefficient (Wildman–Crippen LogP) is 2.55. The van der Waals surface area contributed by atoms with Gasteiger partial charge >= 0.3 is 0 Å². The molecular weight excluding hydrogens is 372 g/mol. The standard InChI is InChI=1S/C20H24N6OS/c1-13-21-24-20(28-13)14-4-5-18-15(10-14)11-16(22-23-18)12-19(27)26(3)17-6-8-25(2)9-7-17/h4-5,10-11,17H,6-9,12H2,1-3H3. The highest BCUT2D eigenvalue weighted by Gasteiger charge is 2.24. The van der Waals surface area contributed by atoms with E-state index in [1.807, 2.05) is 43.1 Å². The SMILES string of the molecule is Cc1nnc(-c2ccc3nnc(CC(=O)N(C)C4CCN(C)CC4)cc3c2)s1. The number of nitrogens with zero attached hydrogens (tertiary/aromatic N) is 6. The number of hydrogen-bond donors (Lipinski definition) is 0. The summed E-state index contributed by atoms with van der Waals surface area (Å²) in [5.41, 5.74) is 2.51. The molecule has 8 heteroatoms. The first-order valence-electron chi connectivity index (χ1n) is 9.50. The number of fused-ring (bicyclic) bond motifs is 1. The van der Waals surface area contributed by atoms with Crippen molar-refractivity contribution in [3.8, 4) is 10.6 Å². The molecule has 1 aliphatic heterocycles. The Morgan fingerprint density at radius 1 is 1.18 bits per heavy atom. The van der Waals surface area contributed by atoms with Gasteiger partial charge in [0, 0.05) is 24.0 Å². The molecule has 0 N–H and O–H groups in total. The van der Waals surface area contributed by atoms with E-state index >= 15 is 0 Å². The first-order chi connectivity index (χ1) is 13.5. The number of likely N-dealkylation sites (N-methyl/N-ethyl adjacent to an activating group) is 1.